The van der Waals surface area contributed by atoms with Crippen molar-refractivity contribution in [2.24, 2.45) is 0 Å². The molecule has 1 fully saturated rings. The first-order valence-corrected chi connectivity index (χ1v) is 9.68. The molecule has 0 radical (unpaired) electrons. The molecular weight excluding hydrogens is 390 g/mol. The van der Waals surface area contributed by atoms with Crippen molar-refractivity contribution in [3.8, 4) is 6.01 Å². The van der Waals surface area contributed by atoms with Crippen molar-refractivity contribution in [1.29, 1.82) is 0 Å². The van der Waals surface area contributed by atoms with E-state index in [9.17, 15) is 14.4 Å². The van der Waals surface area contributed by atoms with Gasteiger partial charge in [0.15, 0.2) is 6.10 Å². The van der Waals surface area contributed by atoms with Crippen LogP contribution in [0.2, 0.25) is 0 Å². The van der Waals surface area contributed by atoms with Crippen LogP contribution in [-0.2, 0) is 11.2 Å². The molecule has 1 amide bonds. The summed E-state index contributed by atoms with van der Waals surface area (Å²) in [6, 6.07) is 10.7. The number of aromatic amines is 1. The number of rotatable bonds is 6. The van der Waals surface area contributed by atoms with E-state index in [1.54, 1.807) is 4.90 Å². The maximum atomic E-state index is 12.4. The predicted octanol–water partition coefficient (Wildman–Crippen LogP) is 2.40. The molecule has 9 nitrogen and oxygen atoms in total. The van der Waals surface area contributed by atoms with Gasteiger partial charge in [0.25, 0.3) is 11.6 Å². The van der Waals surface area contributed by atoms with Crippen LogP contribution in [0.25, 0.3) is 11.1 Å². The van der Waals surface area contributed by atoms with Crippen molar-refractivity contribution in [3.63, 3.8) is 0 Å². The molecule has 1 aliphatic heterocycles. The average Bonchev–Trinajstić information content (AvgIpc) is 3.11. The van der Waals surface area contributed by atoms with Gasteiger partial charge in [-0.25, -0.2) is 9.59 Å². The van der Waals surface area contributed by atoms with E-state index in [1.807, 2.05) is 44.2 Å². The third kappa shape index (κ3) is 3.78. The van der Waals surface area contributed by atoms with Gasteiger partial charge in [-0.05, 0) is 24.5 Å². The second kappa shape index (κ2) is 8.02. The number of nitrogens with one attached hydrogen (secondary N) is 1. The summed E-state index contributed by atoms with van der Waals surface area (Å²) in [5, 5.41) is 0.222. The van der Waals surface area contributed by atoms with Gasteiger partial charge in [0.1, 0.15) is 12.0 Å². The standard InChI is InChI=1S/C21H21N3O6/c1-3-13-9-16(25)30-19-17(13)18(26)22-20(23-19)28-11-15-10-24(21(27)29-15)12(2)14-7-5-4-6-8-14/h4-9,12,15H,3,10-11H2,1-2H3,(H,22,23,26)/t12-,15-/m1/s1. The number of hydrogen-bond acceptors (Lipinski definition) is 7. The van der Waals surface area contributed by atoms with Gasteiger partial charge in [-0.2, -0.15) is 4.98 Å². The van der Waals surface area contributed by atoms with Crippen molar-refractivity contribution in [2.45, 2.75) is 32.4 Å². The number of H-pyrrole nitrogens is 1. The number of benzene rings is 1. The maximum absolute atomic E-state index is 12.4. The minimum Gasteiger partial charge on any atom is -0.461 e. The molecule has 1 N–H and O–H groups in total. The first-order chi connectivity index (χ1) is 14.5. The molecule has 0 bridgehead atoms. The molecule has 0 spiro atoms. The van der Waals surface area contributed by atoms with Crippen molar-refractivity contribution < 1.29 is 18.7 Å². The number of carbonyl (C=O) groups excluding carboxylic acids is 1. The van der Waals surface area contributed by atoms with Gasteiger partial charge in [-0.1, -0.05) is 37.3 Å². The lowest BCUT2D eigenvalue weighted by molar-refractivity contribution is 0.0984. The molecule has 30 heavy (non-hydrogen) atoms. The van der Waals surface area contributed by atoms with Gasteiger partial charge < -0.3 is 13.9 Å². The van der Waals surface area contributed by atoms with E-state index in [-0.39, 0.29) is 29.8 Å². The van der Waals surface area contributed by atoms with Crippen LogP contribution in [0.5, 0.6) is 6.01 Å². The van der Waals surface area contributed by atoms with Crippen LogP contribution in [-0.4, -0.2) is 40.2 Å². The molecule has 0 saturated carbocycles. The quantitative estimate of drug-likeness (QED) is 0.662. The molecule has 2 atom stereocenters. The third-order valence-corrected chi connectivity index (χ3v) is 5.11. The molecule has 4 rings (SSSR count). The summed E-state index contributed by atoms with van der Waals surface area (Å²) in [6.07, 6.45) is -0.474. The van der Waals surface area contributed by atoms with Crippen LogP contribution in [0.4, 0.5) is 4.79 Å². The van der Waals surface area contributed by atoms with E-state index in [0.29, 0.717) is 18.5 Å². The second-order valence-electron chi connectivity index (χ2n) is 7.05. The van der Waals surface area contributed by atoms with Gasteiger partial charge in [0.05, 0.1) is 12.6 Å². The molecule has 3 heterocycles. The van der Waals surface area contributed by atoms with E-state index in [0.717, 1.165) is 5.56 Å². The lowest BCUT2D eigenvalue weighted by Gasteiger charge is -2.22. The van der Waals surface area contributed by atoms with E-state index in [2.05, 4.69) is 9.97 Å². The minimum atomic E-state index is -0.585. The largest absolute Gasteiger partial charge is 0.461 e. The molecule has 3 aromatic rings. The fraction of sp³-hybridized carbons (Fsp3) is 0.333. The highest BCUT2D eigenvalue weighted by Gasteiger charge is 2.35. The summed E-state index contributed by atoms with van der Waals surface area (Å²) in [5.74, 6) is 0. The number of aromatic nitrogens is 2. The fourth-order valence-electron chi connectivity index (χ4n) is 3.50. The van der Waals surface area contributed by atoms with Gasteiger partial charge >= 0.3 is 11.7 Å². The van der Waals surface area contributed by atoms with Crippen LogP contribution in [0.3, 0.4) is 0 Å². The van der Waals surface area contributed by atoms with E-state index in [4.69, 9.17) is 13.9 Å². The van der Waals surface area contributed by atoms with E-state index < -0.39 is 23.4 Å². The van der Waals surface area contributed by atoms with Crippen molar-refractivity contribution in [3.05, 3.63) is 68.3 Å². The molecule has 9 heteroatoms. The van der Waals surface area contributed by atoms with Crippen molar-refractivity contribution in [2.75, 3.05) is 13.2 Å². The lowest BCUT2D eigenvalue weighted by atomic mass is 10.1. The van der Waals surface area contributed by atoms with Crippen molar-refractivity contribution in [1.82, 2.24) is 14.9 Å². The first kappa shape index (κ1) is 19.7. The number of aryl methyl sites for hydroxylation is 1. The second-order valence-corrected chi connectivity index (χ2v) is 7.05. The Balaban J connectivity index is 1.48. The van der Waals surface area contributed by atoms with E-state index >= 15 is 0 Å². The summed E-state index contributed by atoms with van der Waals surface area (Å²) in [6.45, 7) is 4.09. The van der Waals surface area contributed by atoms with Crippen LogP contribution >= 0.6 is 0 Å². The van der Waals surface area contributed by atoms with Gasteiger partial charge in [-0.3, -0.25) is 14.7 Å². The highest BCUT2D eigenvalue weighted by molar-refractivity contribution is 5.75. The molecular formula is C21H21N3O6. The Labute approximate surface area is 171 Å². The number of hydrogen-bond donors (Lipinski definition) is 1. The molecule has 0 unspecified atom stereocenters. The average molecular weight is 411 g/mol. The smallest absolute Gasteiger partial charge is 0.410 e. The monoisotopic (exact) mass is 411 g/mol. The van der Waals surface area contributed by atoms with Crippen LogP contribution in [0.1, 0.15) is 31.0 Å². The Bertz CT molecular complexity index is 1190. The zero-order valence-corrected chi connectivity index (χ0v) is 16.6. The molecule has 1 saturated heterocycles. The number of ether oxygens (including phenoxy) is 2. The molecule has 1 aromatic carbocycles. The van der Waals surface area contributed by atoms with Gasteiger partial charge in [0.2, 0.25) is 5.71 Å². The number of cyclic esters (lactones) is 1. The Morgan fingerprint density at radius 2 is 2.03 bits per heavy atom. The molecule has 1 aliphatic rings. The lowest BCUT2D eigenvalue weighted by Crippen LogP contribution is -2.29. The Morgan fingerprint density at radius 1 is 1.27 bits per heavy atom. The number of carbonyl (C=O) groups is 1. The third-order valence-electron chi connectivity index (χ3n) is 5.11. The van der Waals surface area contributed by atoms with Crippen LogP contribution in [0.15, 0.2) is 50.4 Å². The van der Waals surface area contributed by atoms with Gasteiger partial charge in [0, 0.05) is 6.07 Å². The minimum absolute atomic E-state index is 0.00407. The molecule has 0 aliphatic carbocycles. The first-order valence-electron chi connectivity index (χ1n) is 9.68. The highest BCUT2D eigenvalue weighted by atomic mass is 16.6. The number of amides is 1. The molecule has 2 aromatic heterocycles. The fourth-order valence-corrected chi connectivity index (χ4v) is 3.50. The zero-order valence-electron chi connectivity index (χ0n) is 16.6. The summed E-state index contributed by atoms with van der Waals surface area (Å²) in [7, 11) is 0. The topological polar surface area (TPSA) is 115 Å². The maximum Gasteiger partial charge on any atom is 0.410 e. The van der Waals surface area contributed by atoms with Crippen LogP contribution in [0, 0.1) is 0 Å². The number of fused-ring (bicyclic) bond motifs is 1. The van der Waals surface area contributed by atoms with Gasteiger partial charge in [-0.15, -0.1) is 0 Å². The van der Waals surface area contributed by atoms with Crippen molar-refractivity contribution >= 4 is 17.2 Å². The number of nitrogens with zero attached hydrogens (tertiary/aromatic N) is 2. The normalized spacial score (nSPS) is 17.2. The van der Waals surface area contributed by atoms with Crippen LogP contribution < -0.4 is 15.9 Å². The summed E-state index contributed by atoms with van der Waals surface area (Å²) in [4.78, 5) is 44.6. The summed E-state index contributed by atoms with van der Waals surface area (Å²) < 4.78 is 16.0. The summed E-state index contributed by atoms with van der Waals surface area (Å²) >= 11 is 0. The predicted molar refractivity (Wildman–Crippen MR) is 108 cm³/mol. The highest BCUT2D eigenvalue weighted by Crippen LogP contribution is 2.25. The molecule has 156 valence electrons. The Hall–Kier alpha value is -3.62. The Kier molecular flexibility index (Phi) is 5.26. The summed E-state index contributed by atoms with van der Waals surface area (Å²) in [5.41, 5.74) is 0.424. The Morgan fingerprint density at radius 3 is 2.77 bits per heavy atom. The van der Waals surface area contributed by atoms with E-state index in [1.165, 1.54) is 6.07 Å². The zero-order chi connectivity index (χ0) is 21.3. The SMILES string of the molecule is CCc1cc(=O)oc2nc(OC[C@H]3CN([C@H](C)c4ccccc4)C(=O)O3)[nH]c(=O)c12.